The lowest BCUT2D eigenvalue weighted by Crippen LogP contribution is -1.93. The van der Waals surface area contributed by atoms with Crippen LogP contribution in [0.4, 0.5) is 0 Å². The number of nitrogens with zero attached hydrogens (tertiary/aromatic N) is 2. The van der Waals surface area contributed by atoms with Crippen LogP contribution in [0.3, 0.4) is 0 Å². The van der Waals surface area contributed by atoms with E-state index >= 15 is 0 Å². The molecule has 17 heavy (non-hydrogen) atoms. The normalized spacial score (nSPS) is 10.6. The third-order valence-corrected chi connectivity index (χ3v) is 2.22. The summed E-state index contributed by atoms with van der Waals surface area (Å²) in [5, 5.41) is 11.4. The number of hydrogen-bond acceptors (Lipinski definition) is 4. The van der Waals surface area contributed by atoms with E-state index in [1.807, 2.05) is 43.3 Å². The highest BCUT2D eigenvalue weighted by Crippen LogP contribution is 2.22. The molecule has 1 aromatic heterocycles. The van der Waals surface area contributed by atoms with Gasteiger partial charge in [0.2, 0.25) is 5.88 Å². The van der Waals surface area contributed by atoms with Crippen molar-refractivity contribution in [2.75, 3.05) is 0 Å². The minimum Gasteiger partial charge on any atom is -0.439 e. The molecule has 0 aliphatic carbocycles. The molecule has 0 aliphatic heterocycles. The molecule has 0 saturated carbocycles. The van der Waals surface area contributed by atoms with Gasteiger partial charge in [0.15, 0.2) is 0 Å². The van der Waals surface area contributed by atoms with Crippen molar-refractivity contribution in [3.63, 3.8) is 0 Å². The Bertz CT molecular complexity index is 524. The maximum absolute atomic E-state index is 8.43. The first-order valence-electron chi connectivity index (χ1n) is 5.16. The summed E-state index contributed by atoms with van der Waals surface area (Å²) in [5.41, 5.74) is 1.61. The van der Waals surface area contributed by atoms with Gasteiger partial charge in [0.25, 0.3) is 0 Å². The van der Waals surface area contributed by atoms with Crippen molar-refractivity contribution < 1.29 is 9.94 Å². The average Bonchev–Trinajstić information content (AvgIpc) is 2.34. The Labute approximate surface area is 99.2 Å². The van der Waals surface area contributed by atoms with E-state index in [2.05, 4.69) is 10.1 Å². The van der Waals surface area contributed by atoms with Crippen LogP contribution in [0, 0.1) is 6.92 Å². The molecule has 0 atom stereocenters. The number of aryl methyl sites for hydroxylation is 1. The number of oxime groups is 1. The van der Waals surface area contributed by atoms with E-state index in [1.165, 1.54) is 6.21 Å². The zero-order valence-electron chi connectivity index (χ0n) is 9.37. The van der Waals surface area contributed by atoms with Gasteiger partial charge in [-0.2, -0.15) is 0 Å². The summed E-state index contributed by atoms with van der Waals surface area (Å²) in [7, 11) is 0. The maximum Gasteiger partial charge on any atom is 0.222 e. The number of para-hydroxylation sites is 1. The van der Waals surface area contributed by atoms with E-state index in [4.69, 9.17) is 9.94 Å². The van der Waals surface area contributed by atoms with E-state index in [0.29, 0.717) is 5.88 Å². The topological polar surface area (TPSA) is 54.7 Å². The summed E-state index contributed by atoms with van der Waals surface area (Å²) < 4.78 is 5.62. The molecule has 2 aromatic rings. The molecule has 0 radical (unpaired) electrons. The Morgan fingerprint density at radius 2 is 2.06 bits per heavy atom. The average molecular weight is 228 g/mol. The highest BCUT2D eigenvalue weighted by atomic mass is 16.5. The van der Waals surface area contributed by atoms with Crippen LogP contribution in [0.15, 0.2) is 47.8 Å². The largest absolute Gasteiger partial charge is 0.439 e. The maximum atomic E-state index is 8.43. The molecule has 0 amide bonds. The standard InChI is InChI=1S/C13H12N2O2/c1-10-7-11(9-15-16)8-14-13(10)17-12-5-3-2-4-6-12/h2-9,16H,1H3/b15-9+. The first-order chi connectivity index (χ1) is 8.29. The van der Waals surface area contributed by atoms with E-state index in [9.17, 15) is 0 Å². The Kier molecular flexibility index (Phi) is 3.35. The SMILES string of the molecule is Cc1cc(/C=N/O)cnc1Oc1ccccc1. The molecule has 1 heterocycles. The molecule has 1 N–H and O–H groups in total. The fraction of sp³-hybridized carbons (Fsp3) is 0.0769. The molecule has 0 bridgehead atoms. The van der Waals surface area contributed by atoms with Crippen molar-refractivity contribution in [1.29, 1.82) is 0 Å². The molecule has 86 valence electrons. The zero-order chi connectivity index (χ0) is 12.1. The van der Waals surface area contributed by atoms with Gasteiger partial charge < -0.3 is 9.94 Å². The van der Waals surface area contributed by atoms with Crippen LogP contribution in [0.2, 0.25) is 0 Å². The van der Waals surface area contributed by atoms with Gasteiger partial charge in [0.1, 0.15) is 5.75 Å². The van der Waals surface area contributed by atoms with Gasteiger partial charge in [-0.05, 0) is 25.1 Å². The van der Waals surface area contributed by atoms with Gasteiger partial charge in [-0.1, -0.05) is 23.4 Å². The monoisotopic (exact) mass is 228 g/mol. The smallest absolute Gasteiger partial charge is 0.222 e. The predicted molar refractivity (Wildman–Crippen MR) is 64.9 cm³/mol. The first-order valence-corrected chi connectivity index (χ1v) is 5.16. The number of ether oxygens (including phenoxy) is 1. The lowest BCUT2D eigenvalue weighted by Gasteiger charge is -2.07. The molecule has 4 heteroatoms. The van der Waals surface area contributed by atoms with Crippen molar-refractivity contribution in [2.24, 2.45) is 5.16 Å². The molecular formula is C13H12N2O2. The van der Waals surface area contributed by atoms with Crippen molar-refractivity contribution in [1.82, 2.24) is 4.98 Å². The van der Waals surface area contributed by atoms with Gasteiger partial charge in [-0.25, -0.2) is 4.98 Å². The predicted octanol–water partition coefficient (Wildman–Crippen LogP) is 2.99. The minimum absolute atomic E-state index is 0.547. The van der Waals surface area contributed by atoms with Crippen molar-refractivity contribution >= 4 is 6.21 Å². The molecule has 0 unspecified atom stereocenters. The van der Waals surface area contributed by atoms with Gasteiger partial charge >= 0.3 is 0 Å². The second-order valence-electron chi connectivity index (χ2n) is 3.55. The van der Waals surface area contributed by atoms with Gasteiger partial charge in [0, 0.05) is 17.3 Å². The van der Waals surface area contributed by atoms with Crippen LogP contribution in [0.25, 0.3) is 0 Å². The molecule has 2 rings (SSSR count). The fourth-order valence-corrected chi connectivity index (χ4v) is 1.43. The molecule has 0 fully saturated rings. The number of benzene rings is 1. The summed E-state index contributed by atoms with van der Waals surface area (Å²) in [6.45, 7) is 1.89. The summed E-state index contributed by atoms with van der Waals surface area (Å²) >= 11 is 0. The fourth-order valence-electron chi connectivity index (χ4n) is 1.43. The summed E-state index contributed by atoms with van der Waals surface area (Å²) in [5.74, 6) is 1.29. The van der Waals surface area contributed by atoms with Crippen molar-refractivity contribution in [2.45, 2.75) is 6.92 Å². The molecular weight excluding hydrogens is 216 g/mol. The van der Waals surface area contributed by atoms with E-state index < -0.39 is 0 Å². The second-order valence-corrected chi connectivity index (χ2v) is 3.55. The van der Waals surface area contributed by atoms with Crippen LogP contribution in [-0.2, 0) is 0 Å². The Hall–Kier alpha value is -2.36. The van der Waals surface area contributed by atoms with Crippen LogP contribution in [0.5, 0.6) is 11.6 Å². The lowest BCUT2D eigenvalue weighted by atomic mass is 10.2. The highest BCUT2D eigenvalue weighted by molar-refractivity contribution is 5.79. The summed E-state index contributed by atoms with van der Waals surface area (Å²) in [6.07, 6.45) is 2.91. The van der Waals surface area contributed by atoms with E-state index in [0.717, 1.165) is 16.9 Å². The Balaban J connectivity index is 2.23. The second kappa shape index (κ2) is 5.12. The number of aromatic nitrogens is 1. The summed E-state index contributed by atoms with van der Waals surface area (Å²) in [4.78, 5) is 4.17. The number of pyridine rings is 1. The van der Waals surface area contributed by atoms with Gasteiger partial charge in [-0.15, -0.1) is 0 Å². The van der Waals surface area contributed by atoms with E-state index in [-0.39, 0.29) is 0 Å². The highest BCUT2D eigenvalue weighted by Gasteiger charge is 2.03. The van der Waals surface area contributed by atoms with Crippen LogP contribution < -0.4 is 4.74 Å². The minimum atomic E-state index is 0.547. The quantitative estimate of drug-likeness (QED) is 0.499. The first kappa shape index (κ1) is 11.1. The van der Waals surface area contributed by atoms with Gasteiger partial charge in [0.05, 0.1) is 6.21 Å². The Morgan fingerprint density at radius 3 is 2.71 bits per heavy atom. The van der Waals surface area contributed by atoms with Crippen LogP contribution >= 0.6 is 0 Å². The molecule has 1 aromatic carbocycles. The van der Waals surface area contributed by atoms with Gasteiger partial charge in [-0.3, -0.25) is 0 Å². The number of rotatable bonds is 3. The number of hydrogen-bond donors (Lipinski definition) is 1. The third-order valence-electron chi connectivity index (χ3n) is 2.22. The van der Waals surface area contributed by atoms with Crippen LogP contribution in [-0.4, -0.2) is 16.4 Å². The lowest BCUT2D eigenvalue weighted by molar-refractivity contribution is 0.322. The van der Waals surface area contributed by atoms with Crippen molar-refractivity contribution in [3.8, 4) is 11.6 Å². The third kappa shape index (κ3) is 2.81. The molecule has 0 spiro atoms. The molecule has 0 saturated heterocycles. The molecule has 4 nitrogen and oxygen atoms in total. The van der Waals surface area contributed by atoms with Crippen molar-refractivity contribution in [3.05, 3.63) is 53.7 Å². The Morgan fingerprint density at radius 1 is 1.29 bits per heavy atom. The molecule has 0 aliphatic rings. The van der Waals surface area contributed by atoms with Crippen LogP contribution in [0.1, 0.15) is 11.1 Å². The van der Waals surface area contributed by atoms with E-state index in [1.54, 1.807) is 6.20 Å². The summed E-state index contributed by atoms with van der Waals surface area (Å²) in [6, 6.07) is 11.3. The zero-order valence-corrected chi connectivity index (χ0v) is 9.37.